The van der Waals surface area contributed by atoms with Crippen LogP contribution in [0.2, 0.25) is 0 Å². The Bertz CT molecular complexity index is 465. The summed E-state index contributed by atoms with van der Waals surface area (Å²) in [4.78, 5) is 14.2. The second kappa shape index (κ2) is 6.30. The zero-order valence-electron chi connectivity index (χ0n) is 11.4. The maximum Gasteiger partial charge on any atom is 0.340 e. The van der Waals surface area contributed by atoms with E-state index >= 15 is 0 Å². The fraction of sp³-hybridized carbons (Fsp3) is 0.500. The van der Waals surface area contributed by atoms with E-state index in [9.17, 15) is 4.79 Å². The first-order valence-electron chi connectivity index (χ1n) is 6.41. The molecule has 1 heterocycles. The largest absolute Gasteiger partial charge is 0.465 e. The molecule has 19 heavy (non-hydrogen) atoms. The molecule has 1 saturated heterocycles. The van der Waals surface area contributed by atoms with E-state index in [1.807, 2.05) is 23.9 Å². The summed E-state index contributed by atoms with van der Waals surface area (Å²) in [5.41, 5.74) is 7.86. The van der Waals surface area contributed by atoms with Gasteiger partial charge in [0.25, 0.3) is 0 Å². The summed E-state index contributed by atoms with van der Waals surface area (Å²) < 4.78 is 4.83. The van der Waals surface area contributed by atoms with Gasteiger partial charge in [0.1, 0.15) is 0 Å². The highest BCUT2D eigenvalue weighted by Gasteiger charge is 2.22. The average molecular weight is 280 g/mol. The standard InChI is InChI=1S/C14H20N2O2S/c1-10-9-19-7-6-16(10)8-11-4-3-5-12(15)13(11)14(17)18-2/h3-5,10H,6-9,15H2,1-2H3. The van der Waals surface area contributed by atoms with E-state index < -0.39 is 0 Å². The molecule has 2 N–H and O–H groups in total. The van der Waals surface area contributed by atoms with Crippen LogP contribution in [0, 0.1) is 0 Å². The molecule has 1 aromatic rings. The molecule has 4 nitrogen and oxygen atoms in total. The van der Waals surface area contributed by atoms with Gasteiger partial charge < -0.3 is 10.5 Å². The van der Waals surface area contributed by atoms with Crippen molar-refractivity contribution >= 4 is 23.4 Å². The van der Waals surface area contributed by atoms with Crippen LogP contribution >= 0.6 is 11.8 Å². The maximum absolute atomic E-state index is 11.9. The van der Waals surface area contributed by atoms with Crippen molar-refractivity contribution in [2.45, 2.75) is 19.5 Å². The summed E-state index contributed by atoms with van der Waals surface area (Å²) in [6, 6.07) is 6.11. The van der Waals surface area contributed by atoms with Crippen molar-refractivity contribution in [1.82, 2.24) is 4.90 Å². The molecule has 0 bridgehead atoms. The lowest BCUT2D eigenvalue weighted by atomic mass is 10.0. The second-order valence-corrected chi connectivity index (χ2v) is 5.92. The molecule has 0 aromatic heterocycles. The molecule has 5 heteroatoms. The molecule has 1 unspecified atom stereocenters. The Hall–Kier alpha value is -1.20. The number of benzene rings is 1. The van der Waals surface area contributed by atoms with Crippen LogP contribution in [0.1, 0.15) is 22.8 Å². The first-order valence-corrected chi connectivity index (χ1v) is 7.56. The Morgan fingerprint density at radius 2 is 2.37 bits per heavy atom. The number of carbonyl (C=O) groups is 1. The molecule has 1 fully saturated rings. The number of nitrogens with two attached hydrogens (primary N) is 1. The highest BCUT2D eigenvalue weighted by Crippen LogP contribution is 2.23. The van der Waals surface area contributed by atoms with Gasteiger partial charge in [-0.25, -0.2) is 4.79 Å². The Morgan fingerprint density at radius 1 is 1.58 bits per heavy atom. The molecule has 1 aromatic carbocycles. The zero-order valence-corrected chi connectivity index (χ0v) is 12.2. The quantitative estimate of drug-likeness (QED) is 0.678. The van der Waals surface area contributed by atoms with Crippen LogP contribution in [-0.4, -0.2) is 42.1 Å². The molecule has 0 spiro atoms. The molecular formula is C14H20N2O2S. The lowest BCUT2D eigenvalue weighted by Crippen LogP contribution is -2.40. The molecule has 0 radical (unpaired) electrons. The molecule has 104 valence electrons. The fourth-order valence-corrected chi connectivity index (χ4v) is 3.40. The molecule has 1 aliphatic rings. The van der Waals surface area contributed by atoms with Gasteiger partial charge in [0.15, 0.2) is 0 Å². The van der Waals surface area contributed by atoms with Crippen molar-refractivity contribution in [3.8, 4) is 0 Å². The zero-order chi connectivity index (χ0) is 13.8. The smallest absolute Gasteiger partial charge is 0.340 e. The molecule has 2 rings (SSSR count). The lowest BCUT2D eigenvalue weighted by molar-refractivity contribution is 0.0599. The monoisotopic (exact) mass is 280 g/mol. The molecule has 0 amide bonds. The maximum atomic E-state index is 11.9. The first kappa shape index (κ1) is 14.2. The summed E-state index contributed by atoms with van der Waals surface area (Å²) >= 11 is 1.98. The van der Waals surface area contributed by atoms with Crippen molar-refractivity contribution in [3.63, 3.8) is 0 Å². The summed E-state index contributed by atoms with van der Waals surface area (Å²) in [6.45, 7) is 4.01. The fourth-order valence-electron chi connectivity index (χ4n) is 2.32. The molecule has 0 saturated carbocycles. The number of ether oxygens (including phenoxy) is 1. The number of methoxy groups -OCH3 is 1. The number of nitrogen functional groups attached to an aromatic ring is 1. The van der Waals surface area contributed by atoms with Gasteiger partial charge in [0.2, 0.25) is 0 Å². The third-order valence-electron chi connectivity index (χ3n) is 3.45. The topological polar surface area (TPSA) is 55.6 Å². The summed E-state index contributed by atoms with van der Waals surface area (Å²) in [7, 11) is 1.39. The minimum absolute atomic E-state index is 0.355. The van der Waals surface area contributed by atoms with E-state index in [1.165, 1.54) is 7.11 Å². The normalized spacial score (nSPS) is 20.2. The Kier molecular flexibility index (Phi) is 4.71. The van der Waals surface area contributed by atoms with E-state index in [-0.39, 0.29) is 5.97 Å². The van der Waals surface area contributed by atoms with Crippen LogP contribution < -0.4 is 5.73 Å². The molecular weight excluding hydrogens is 260 g/mol. The van der Waals surface area contributed by atoms with Gasteiger partial charge in [-0.3, -0.25) is 4.90 Å². The summed E-state index contributed by atoms with van der Waals surface area (Å²) in [6.07, 6.45) is 0. The van der Waals surface area contributed by atoms with E-state index in [1.54, 1.807) is 6.07 Å². The van der Waals surface area contributed by atoms with Gasteiger partial charge in [-0.05, 0) is 18.6 Å². The van der Waals surface area contributed by atoms with Crippen LogP contribution in [-0.2, 0) is 11.3 Å². The van der Waals surface area contributed by atoms with Gasteiger partial charge in [0, 0.05) is 36.3 Å². The van der Waals surface area contributed by atoms with E-state index in [0.717, 1.165) is 30.2 Å². The number of nitrogens with zero attached hydrogens (tertiary/aromatic N) is 1. The highest BCUT2D eigenvalue weighted by atomic mass is 32.2. The number of rotatable bonds is 3. The number of thioether (sulfide) groups is 1. The van der Waals surface area contributed by atoms with Crippen LogP contribution in [0.15, 0.2) is 18.2 Å². The van der Waals surface area contributed by atoms with Gasteiger partial charge in [-0.15, -0.1) is 0 Å². The van der Waals surface area contributed by atoms with E-state index in [4.69, 9.17) is 10.5 Å². The summed E-state index contributed by atoms with van der Waals surface area (Å²) in [5, 5.41) is 0. The van der Waals surface area contributed by atoms with Crippen LogP contribution in [0.25, 0.3) is 0 Å². The highest BCUT2D eigenvalue weighted by molar-refractivity contribution is 7.99. The molecule has 1 aliphatic heterocycles. The van der Waals surface area contributed by atoms with Crippen LogP contribution in [0.4, 0.5) is 5.69 Å². The minimum atomic E-state index is -0.355. The number of anilines is 1. The van der Waals surface area contributed by atoms with Crippen molar-refractivity contribution in [2.75, 3.05) is 30.9 Å². The van der Waals surface area contributed by atoms with Crippen molar-refractivity contribution in [1.29, 1.82) is 0 Å². The van der Waals surface area contributed by atoms with Crippen LogP contribution in [0.3, 0.4) is 0 Å². The van der Waals surface area contributed by atoms with Crippen molar-refractivity contribution in [2.24, 2.45) is 0 Å². The predicted octanol–water partition coefficient (Wildman–Crippen LogP) is 1.99. The molecule has 1 atom stereocenters. The second-order valence-electron chi connectivity index (χ2n) is 4.77. The van der Waals surface area contributed by atoms with Crippen molar-refractivity contribution < 1.29 is 9.53 Å². The lowest BCUT2D eigenvalue weighted by Gasteiger charge is -2.33. The predicted molar refractivity (Wildman–Crippen MR) is 79.4 cm³/mol. The number of carbonyl (C=O) groups excluding carboxylic acids is 1. The average Bonchev–Trinajstić information content (AvgIpc) is 2.41. The third kappa shape index (κ3) is 3.22. The Labute approximate surface area is 118 Å². The van der Waals surface area contributed by atoms with Gasteiger partial charge in [0.05, 0.1) is 12.7 Å². The van der Waals surface area contributed by atoms with Crippen LogP contribution in [0.5, 0.6) is 0 Å². The summed E-state index contributed by atoms with van der Waals surface area (Å²) in [5.74, 6) is 1.92. The Balaban J connectivity index is 2.24. The number of hydrogen-bond donors (Lipinski definition) is 1. The number of esters is 1. The van der Waals surface area contributed by atoms with Gasteiger partial charge >= 0.3 is 5.97 Å². The Morgan fingerprint density at radius 3 is 3.05 bits per heavy atom. The van der Waals surface area contributed by atoms with Crippen molar-refractivity contribution in [3.05, 3.63) is 29.3 Å². The van der Waals surface area contributed by atoms with E-state index in [2.05, 4.69) is 11.8 Å². The SMILES string of the molecule is COC(=O)c1c(N)cccc1CN1CCSCC1C. The number of hydrogen-bond acceptors (Lipinski definition) is 5. The molecule has 0 aliphatic carbocycles. The first-order chi connectivity index (χ1) is 9.13. The third-order valence-corrected chi connectivity index (χ3v) is 4.64. The van der Waals surface area contributed by atoms with Gasteiger partial charge in [-0.1, -0.05) is 12.1 Å². The van der Waals surface area contributed by atoms with E-state index in [0.29, 0.717) is 17.3 Å². The minimum Gasteiger partial charge on any atom is -0.465 e. The van der Waals surface area contributed by atoms with Gasteiger partial charge in [-0.2, -0.15) is 11.8 Å².